The van der Waals surface area contributed by atoms with Crippen molar-refractivity contribution in [1.82, 2.24) is 10.2 Å². The first-order valence-electron chi connectivity index (χ1n) is 11.1. The van der Waals surface area contributed by atoms with E-state index in [0.717, 1.165) is 6.07 Å². The summed E-state index contributed by atoms with van der Waals surface area (Å²) >= 11 is 6.23. The van der Waals surface area contributed by atoms with Crippen LogP contribution in [-0.4, -0.2) is 41.8 Å². The van der Waals surface area contributed by atoms with Gasteiger partial charge >= 0.3 is 6.03 Å². The van der Waals surface area contributed by atoms with Gasteiger partial charge in [0.1, 0.15) is 29.6 Å². The second-order valence-electron chi connectivity index (χ2n) is 7.94. The molecule has 3 aromatic rings. The molecule has 3 N–H and O–H groups in total. The van der Waals surface area contributed by atoms with Crippen molar-refractivity contribution in [2.24, 2.45) is 0 Å². The first-order valence-corrected chi connectivity index (χ1v) is 11.4. The molecule has 1 aliphatic heterocycles. The van der Waals surface area contributed by atoms with E-state index >= 15 is 0 Å². The van der Waals surface area contributed by atoms with E-state index in [4.69, 9.17) is 16.3 Å². The fraction of sp³-hybridized carbons (Fsp3) is 0.0769. The van der Waals surface area contributed by atoms with Gasteiger partial charge in [-0.15, -0.1) is 0 Å². The zero-order chi connectivity index (χ0) is 27.2. The number of ether oxygens (including phenoxy) is 1. The Hall–Kier alpha value is -4.77. The van der Waals surface area contributed by atoms with Crippen molar-refractivity contribution < 1.29 is 32.7 Å². The van der Waals surface area contributed by atoms with Crippen LogP contribution in [0.4, 0.5) is 25.0 Å². The topological polar surface area (TPSA) is 117 Å². The average Bonchev–Trinajstić information content (AvgIpc) is 3.13. The lowest BCUT2D eigenvalue weighted by Gasteiger charge is -2.12. The number of urea groups is 1. The van der Waals surface area contributed by atoms with Crippen molar-refractivity contribution >= 4 is 52.8 Å². The Kier molecular flexibility index (Phi) is 7.97. The van der Waals surface area contributed by atoms with Gasteiger partial charge in [0.2, 0.25) is 5.91 Å². The molecule has 4 rings (SSSR count). The molecular weight excluding hydrogens is 522 g/mol. The predicted octanol–water partition coefficient (Wildman–Crippen LogP) is 4.17. The fourth-order valence-electron chi connectivity index (χ4n) is 3.38. The molecule has 0 unspecified atom stereocenters. The van der Waals surface area contributed by atoms with Gasteiger partial charge in [0, 0.05) is 5.69 Å². The molecule has 0 atom stereocenters. The van der Waals surface area contributed by atoms with E-state index < -0.39 is 41.9 Å². The normalized spacial score (nSPS) is 13.9. The molecule has 194 valence electrons. The number of para-hydroxylation sites is 1. The van der Waals surface area contributed by atoms with Crippen molar-refractivity contribution in [3.8, 4) is 5.75 Å². The molecule has 0 bridgehead atoms. The Morgan fingerprint density at radius 2 is 1.71 bits per heavy atom. The summed E-state index contributed by atoms with van der Waals surface area (Å²) in [6.45, 7) is -0.986. The standard InChI is InChI=1S/C26H19ClF2N4O5/c27-18-11-15(5-10-22(18)38-14-24(35)30-17-8-6-16(28)7-9-17)12-21-25(36)33(26(37)32-21)13-23(34)31-20-4-2-1-3-19(20)29/h1-12H,13-14H2,(H,30,35)(H,31,34)(H,32,37)/b21-12+. The number of hydrogen-bond donors (Lipinski definition) is 3. The highest BCUT2D eigenvalue weighted by Crippen LogP contribution is 2.27. The summed E-state index contributed by atoms with van der Waals surface area (Å²) in [5, 5.41) is 7.37. The van der Waals surface area contributed by atoms with Gasteiger partial charge in [-0.05, 0) is 60.2 Å². The van der Waals surface area contributed by atoms with Crippen LogP contribution < -0.4 is 20.7 Å². The number of halogens is 3. The third-order valence-electron chi connectivity index (χ3n) is 5.17. The predicted molar refractivity (Wildman–Crippen MR) is 135 cm³/mol. The summed E-state index contributed by atoms with van der Waals surface area (Å²) in [6, 6.07) is 14.4. The molecule has 0 aromatic heterocycles. The van der Waals surface area contributed by atoms with Crippen molar-refractivity contribution in [1.29, 1.82) is 0 Å². The lowest BCUT2D eigenvalue weighted by atomic mass is 10.2. The molecule has 1 fully saturated rings. The zero-order valence-corrected chi connectivity index (χ0v) is 20.2. The van der Waals surface area contributed by atoms with Crippen molar-refractivity contribution in [2.75, 3.05) is 23.8 Å². The van der Waals surface area contributed by atoms with Crippen molar-refractivity contribution in [3.05, 3.63) is 94.6 Å². The molecule has 38 heavy (non-hydrogen) atoms. The minimum absolute atomic E-state index is 0.0785. The van der Waals surface area contributed by atoms with Gasteiger partial charge in [-0.1, -0.05) is 29.8 Å². The van der Waals surface area contributed by atoms with E-state index in [1.807, 2.05) is 0 Å². The van der Waals surface area contributed by atoms with E-state index in [-0.39, 0.29) is 28.8 Å². The van der Waals surface area contributed by atoms with E-state index in [2.05, 4.69) is 16.0 Å². The van der Waals surface area contributed by atoms with Gasteiger partial charge in [0.15, 0.2) is 6.61 Å². The largest absolute Gasteiger partial charge is 0.482 e. The molecule has 0 radical (unpaired) electrons. The van der Waals surface area contributed by atoms with E-state index in [1.54, 1.807) is 6.07 Å². The maximum Gasteiger partial charge on any atom is 0.329 e. The van der Waals surface area contributed by atoms with Gasteiger partial charge in [0.05, 0.1) is 10.7 Å². The van der Waals surface area contributed by atoms with Gasteiger partial charge < -0.3 is 20.7 Å². The molecule has 0 aliphatic carbocycles. The van der Waals surface area contributed by atoms with Gasteiger partial charge in [-0.3, -0.25) is 14.4 Å². The van der Waals surface area contributed by atoms with E-state index in [9.17, 15) is 28.0 Å². The molecular formula is C26H19ClF2N4O5. The SMILES string of the molecule is O=C(COc1ccc(/C=C2/NC(=O)N(CC(=O)Nc3ccccc3F)C2=O)cc1Cl)Nc1ccc(F)cc1. The molecule has 0 saturated carbocycles. The average molecular weight is 541 g/mol. The van der Waals surface area contributed by atoms with Crippen LogP contribution in [0.15, 0.2) is 72.4 Å². The van der Waals surface area contributed by atoms with Gasteiger partial charge in [-0.25, -0.2) is 18.5 Å². The van der Waals surface area contributed by atoms with Gasteiger partial charge in [0.25, 0.3) is 11.8 Å². The number of carbonyl (C=O) groups is 4. The second-order valence-corrected chi connectivity index (χ2v) is 8.35. The van der Waals surface area contributed by atoms with Crippen molar-refractivity contribution in [3.63, 3.8) is 0 Å². The molecule has 9 nitrogen and oxygen atoms in total. The van der Waals surface area contributed by atoms with Crippen LogP contribution in [-0.2, 0) is 14.4 Å². The highest BCUT2D eigenvalue weighted by atomic mass is 35.5. The Labute approximate surface area is 220 Å². The van der Waals surface area contributed by atoms with Crippen LogP contribution >= 0.6 is 11.6 Å². The lowest BCUT2D eigenvalue weighted by Crippen LogP contribution is -2.38. The minimum atomic E-state index is -0.817. The molecule has 0 spiro atoms. The highest BCUT2D eigenvalue weighted by Gasteiger charge is 2.35. The van der Waals surface area contributed by atoms with E-state index in [0.29, 0.717) is 16.2 Å². The number of hydrogen-bond acceptors (Lipinski definition) is 5. The third-order valence-corrected chi connectivity index (χ3v) is 5.46. The summed E-state index contributed by atoms with van der Waals surface area (Å²) in [5.74, 6) is -2.90. The Morgan fingerprint density at radius 3 is 2.42 bits per heavy atom. The maximum absolute atomic E-state index is 13.7. The third kappa shape index (κ3) is 6.51. The molecule has 1 saturated heterocycles. The Balaban J connectivity index is 1.35. The summed E-state index contributed by atoms with van der Waals surface area (Å²) in [5.41, 5.74) is 0.650. The maximum atomic E-state index is 13.7. The molecule has 3 aromatic carbocycles. The first kappa shape index (κ1) is 26.3. The number of benzene rings is 3. The Bertz CT molecular complexity index is 1450. The quantitative estimate of drug-likeness (QED) is 0.293. The van der Waals surface area contributed by atoms with Crippen LogP contribution in [0.25, 0.3) is 6.08 Å². The van der Waals surface area contributed by atoms with Gasteiger partial charge in [-0.2, -0.15) is 0 Å². The second kappa shape index (κ2) is 11.5. The summed E-state index contributed by atoms with van der Waals surface area (Å²) < 4.78 is 32.1. The zero-order valence-electron chi connectivity index (χ0n) is 19.5. The summed E-state index contributed by atoms with van der Waals surface area (Å²) in [6.07, 6.45) is 1.35. The Morgan fingerprint density at radius 1 is 0.974 bits per heavy atom. The molecule has 12 heteroatoms. The minimum Gasteiger partial charge on any atom is -0.482 e. The smallest absolute Gasteiger partial charge is 0.329 e. The van der Waals surface area contributed by atoms with Crippen LogP contribution in [0.3, 0.4) is 0 Å². The van der Waals surface area contributed by atoms with Crippen LogP contribution in [0.5, 0.6) is 5.75 Å². The van der Waals surface area contributed by atoms with Crippen LogP contribution in [0.1, 0.15) is 5.56 Å². The highest BCUT2D eigenvalue weighted by molar-refractivity contribution is 6.32. The van der Waals surface area contributed by atoms with E-state index in [1.165, 1.54) is 60.7 Å². The first-order chi connectivity index (χ1) is 18.2. The van der Waals surface area contributed by atoms with Crippen LogP contribution in [0, 0.1) is 11.6 Å². The number of anilines is 2. The molecule has 5 amide bonds. The van der Waals surface area contributed by atoms with Crippen LogP contribution in [0.2, 0.25) is 5.02 Å². The fourth-order valence-corrected chi connectivity index (χ4v) is 3.62. The molecule has 1 aliphatic rings. The summed E-state index contributed by atoms with van der Waals surface area (Å²) in [4.78, 5) is 49.9. The molecule has 1 heterocycles. The monoisotopic (exact) mass is 540 g/mol. The lowest BCUT2D eigenvalue weighted by molar-refractivity contribution is -0.127. The number of nitrogens with one attached hydrogen (secondary N) is 3. The number of carbonyl (C=O) groups excluding carboxylic acids is 4. The summed E-state index contributed by atoms with van der Waals surface area (Å²) in [7, 11) is 0. The number of nitrogens with zero attached hydrogens (tertiary/aromatic N) is 1. The number of imide groups is 1. The number of amides is 5. The van der Waals surface area contributed by atoms with Crippen molar-refractivity contribution in [2.45, 2.75) is 0 Å². The number of rotatable bonds is 8.